The molecule has 30 heavy (non-hydrogen) atoms. The molecule has 0 saturated carbocycles. The number of halogens is 2. The van der Waals surface area contributed by atoms with E-state index in [4.69, 9.17) is 4.74 Å². The van der Waals surface area contributed by atoms with Crippen molar-refractivity contribution in [1.82, 2.24) is 4.72 Å². The average Bonchev–Trinajstić information content (AvgIpc) is 2.94. The monoisotopic (exact) mass is 437 g/mol. The SMILES string of the molecule is CC(OC(=O)CCN=C1NS(=O)(=O)c2ccccc21)C(=O)Nc1ccc(F)cc1F. The molecular weight excluding hydrogens is 420 g/mol. The normalized spacial score (nSPS) is 16.4. The van der Waals surface area contributed by atoms with E-state index in [1.165, 1.54) is 13.0 Å². The molecule has 1 aliphatic heterocycles. The maximum Gasteiger partial charge on any atom is 0.308 e. The maximum atomic E-state index is 13.6. The van der Waals surface area contributed by atoms with E-state index in [-0.39, 0.29) is 29.4 Å². The highest BCUT2D eigenvalue weighted by molar-refractivity contribution is 7.90. The Labute approximate surface area is 171 Å². The first-order valence-corrected chi connectivity index (χ1v) is 10.3. The summed E-state index contributed by atoms with van der Waals surface area (Å²) in [6.45, 7) is 1.22. The molecule has 2 N–H and O–H groups in total. The van der Waals surface area contributed by atoms with Crippen LogP contribution in [0.2, 0.25) is 0 Å². The van der Waals surface area contributed by atoms with Crippen molar-refractivity contribution in [2.24, 2.45) is 4.99 Å². The molecule has 2 aromatic rings. The molecule has 2 aromatic carbocycles. The molecule has 0 radical (unpaired) electrons. The minimum atomic E-state index is -3.68. The molecule has 0 aromatic heterocycles. The minimum absolute atomic E-state index is 0.0774. The van der Waals surface area contributed by atoms with Gasteiger partial charge < -0.3 is 10.1 Å². The fourth-order valence-electron chi connectivity index (χ4n) is 2.65. The van der Waals surface area contributed by atoms with Crippen LogP contribution >= 0.6 is 0 Å². The molecule has 8 nitrogen and oxygen atoms in total. The standard InChI is InChI=1S/C19H17F2N3O5S/c1-11(19(26)23-15-7-6-12(20)10-14(15)21)29-17(25)8-9-22-18-13-4-2-3-5-16(13)30(27,28)24-18/h2-7,10-11H,8-9H2,1H3,(H,22,24)(H,23,26). The van der Waals surface area contributed by atoms with Gasteiger partial charge in [0.1, 0.15) is 17.5 Å². The van der Waals surface area contributed by atoms with Crippen molar-refractivity contribution in [2.45, 2.75) is 24.3 Å². The number of esters is 1. The van der Waals surface area contributed by atoms with E-state index in [9.17, 15) is 26.8 Å². The fourth-order valence-corrected chi connectivity index (χ4v) is 3.90. The van der Waals surface area contributed by atoms with Crippen molar-refractivity contribution in [3.05, 3.63) is 59.7 Å². The van der Waals surface area contributed by atoms with Gasteiger partial charge in [-0.1, -0.05) is 12.1 Å². The highest BCUT2D eigenvalue weighted by Crippen LogP contribution is 2.22. The number of anilines is 1. The maximum absolute atomic E-state index is 13.6. The lowest BCUT2D eigenvalue weighted by Gasteiger charge is -2.13. The smallest absolute Gasteiger partial charge is 0.308 e. The summed E-state index contributed by atoms with van der Waals surface area (Å²) >= 11 is 0. The number of sulfonamides is 1. The van der Waals surface area contributed by atoms with E-state index in [0.29, 0.717) is 11.6 Å². The summed E-state index contributed by atoms with van der Waals surface area (Å²) in [4.78, 5) is 28.1. The van der Waals surface area contributed by atoms with Crippen LogP contribution in [0.1, 0.15) is 18.9 Å². The van der Waals surface area contributed by atoms with E-state index < -0.39 is 39.6 Å². The van der Waals surface area contributed by atoms with E-state index in [0.717, 1.165) is 12.1 Å². The minimum Gasteiger partial charge on any atom is -0.452 e. The number of fused-ring (bicyclic) bond motifs is 1. The summed E-state index contributed by atoms with van der Waals surface area (Å²) in [5.41, 5.74) is 0.155. The Morgan fingerprint density at radius 3 is 2.67 bits per heavy atom. The number of benzene rings is 2. The Kier molecular flexibility index (Phi) is 6.11. The van der Waals surface area contributed by atoms with Crippen LogP contribution in [-0.4, -0.2) is 38.8 Å². The Balaban J connectivity index is 1.53. The first kappa shape index (κ1) is 21.4. The number of aliphatic imine (C=N–C) groups is 1. The van der Waals surface area contributed by atoms with Gasteiger partial charge >= 0.3 is 5.97 Å². The summed E-state index contributed by atoms with van der Waals surface area (Å²) in [5, 5.41) is 2.20. The van der Waals surface area contributed by atoms with Crippen molar-refractivity contribution in [3.8, 4) is 0 Å². The predicted molar refractivity (Wildman–Crippen MR) is 103 cm³/mol. The lowest BCUT2D eigenvalue weighted by atomic mass is 10.2. The zero-order valence-corrected chi connectivity index (χ0v) is 16.5. The van der Waals surface area contributed by atoms with Gasteiger partial charge in [-0.2, -0.15) is 0 Å². The first-order chi connectivity index (χ1) is 14.2. The van der Waals surface area contributed by atoms with Gasteiger partial charge in [-0.15, -0.1) is 0 Å². The van der Waals surface area contributed by atoms with Crippen LogP contribution in [0.25, 0.3) is 0 Å². The van der Waals surface area contributed by atoms with Gasteiger partial charge in [0.2, 0.25) is 0 Å². The third-order valence-corrected chi connectivity index (χ3v) is 5.51. The Morgan fingerprint density at radius 2 is 1.93 bits per heavy atom. The number of amidine groups is 1. The van der Waals surface area contributed by atoms with Crippen molar-refractivity contribution in [1.29, 1.82) is 0 Å². The van der Waals surface area contributed by atoms with Crippen LogP contribution in [0.4, 0.5) is 14.5 Å². The number of hydrogen-bond acceptors (Lipinski definition) is 6. The summed E-state index contributed by atoms with van der Waals surface area (Å²) in [6, 6.07) is 8.92. The number of nitrogens with zero attached hydrogens (tertiary/aromatic N) is 1. The lowest BCUT2D eigenvalue weighted by molar-refractivity contribution is -0.152. The molecule has 0 aliphatic carbocycles. The van der Waals surface area contributed by atoms with Crippen LogP contribution in [0, 0.1) is 11.6 Å². The number of carbonyl (C=O) groups is 2. The van der Waals surface area contributed by atoms with Gasteiger partial charge in [-0.05, 0) is 31.2 Å². The topological polar surface area (TPSA) is 114 Å². The van der Waals surface area contributed by atoms with Crippen molar-refractivity contribution < 1.29 is 31.5 Å². The second-order valence-corrected chi connectivity index (χ2v) is 7.98. The van der Waals surface area contributed by atoms with Gasteiger partial charge in [0.05, 0.1) is 23.5 Å². The highest BCUT2D eigenvalue weighted by atomic mass is 32.2. The number of amides is 1. The number of ether oxygens (including phenoxy) is 1. The van der Waals surface area contributed by atoms with E-state index >= 15 is 0 Å². The summed E-state index contributed by atoms with van der Waals surface area (Å²) in [5.74, 6) is -3.18. The first-order valence-electron chi connectivity index (χ1n) is 8.79. The fraction of sp³-hybridized carbons (Fsp3) is 0.211. The molecule has 11 heteroatoms. The Bertz CT molecular complexity index is 1130. The highest BCUT2D eigenvalue weighted by Gasteiger charge is 2.30. The number of carbonyl (C=O) groups excluding carboxylic acids is 2. The third-order valence-electron chi connectivity index (χ3n) is 4.12. The van der Waals surface area contributed by atoms with Gasteiger partial charge in [0.15, 0.2) is 6.10 Å². The van der Waals surface area contributed by atoms with E-state index in [1.54, 1.807) is 18.2 Å². The number of nitrogens with one attached hydrogen (secondary N) is 2. The molecule has 1 aliphatic rings. The van der Waals surface area contributed by atoms with Crippen molar-refractivity contribution in [3.63, 3.8) is 0 Å². The molecule has 3 rings (SSSR count). The van der Waals surface area contributed by atoms with Gasteiger partial charge in [0.25, 0.3) is 15.9 Å². The van der Waals surface area contributed by atoms with Crippen LogP contribution in [-0.2, 0) is 24.3 Å². The molecule has 0 saturated heterocycles. The Hall–Kier alpha value is -3.34. The molecule has 1 atom stereocenters. The molecule has 158 valence electrons. The summed E-state index contributed by atoms with van der Waals surface area (Å²) < 4.78 is 57.8. The summed E-state index contributed by atoms with van der Waals surface area (Å²) in [6.07, 6.45) is -1.45. The van der Waals surface area contributed by atoms with E-state index in [1.807, 2.05) is 0 Å². The second-order valence-electron chi connectivity index (χ2n) is 6.33. The van der Waals surface area contributed by atoms with Crippen molar-refractivity contribution in [2.75, 3.05) is 11.9 Å². The van der Waals surface area contributed by atoms with Crippen LogP contribution < -0.4 is 10.0 Å². The summed E-state index contributed by atoms with van der Waals surface area (Å²) in [7, 11) is -3.68. The Morgan fingerprint density at radius 1 is 1.20 bits per heavy atom. The quantitative estimate of drug-likeness (QED) is 0.671. The molecule has 0 fully saturated rings. The van der Waals surface area contributed by atoms with Gasteiger partial charge in [0, 0.05) is 11.6 Å². The van der Waals surface area contributed by atoms with Crippen LogP contribution in [0.5, 0.6) is 0 Å². The van der Waals surface area contributed by atoms with Crippen LogP contribution in [0.3, 0.4) is 0 Å². The van der Waals surface area contributed by atoms with Crippen LogP contribution in [0.15, 0.2) is 52.4 Å². The predicted octanol–water partition coefficient (Wildman–Crippen LogP) is 1.96. The van der Waals surface area contributed by atoms with Gasteiger partial charge in [-0.3, -0.25) is 19.3 Å². The zero-order chi connectivity index (χ0) is 21.9. The van der Waals surface area contributed by atoms with E-state index in [2.05, 4.69) is 15.0 Å². The van der Waals surface area contributed by atoms with Crippen molar-refractivity contribution >= 4 is 33.4 Å². The molecule has 1 unspecified atom stereocenters. The molecule has 1 heterocycles. The second kappa shape index (κ2) is 8.57. The van der Waals surface area contributed by atoms with Gasteiger partial charge in [-0.25, -0.2) is 17.2 Å². The lowest BCUT2D eigenvalue weighted by Crippen LogP contribution is -2.30. The zero-order valence-electron chi connectivity index (χ0n) is 15.7. The molecule has 0 bridgehead atoms. The number of hydrogen-bond donors (Lipinski definition) is 2. The molecule has 1 amide bonds. The largest absolute Gasteiger partial charge is 0.452 e. The number of rotatable bonds is 6. The average molecular weight is 437 g/mol. The third kappa shape index (κ3) is 4.79. The molecular formula is C19H17F2N3O5S. The molecule has 0 spiro atoms.